The van der Waals surface area contributed by atoms with Crippen LogP contribution in [0.1, 0.15) is 58.1 Å². The van der Waals surface area contributed by atoms with Crippen molar-refractivity contribution in [1.82, 2.24) is 0 Å². The van der Waals surface area contributed by atoms with Crippen LogP contribution in [0, 0.1) is 0 Å². The zero-order valence-electron chi connectivity index (χ0n) is 15.2. The molecule has 0 spiro atoms. The van der Waals surface area contributed by atoms with Gasteiger partial charge in [0.1, 0.15) is 0 Å². The van der Waals surface area contributed by atoms with Gasteiger partial charge in [-0.3, -0.25) is 0 Å². The summed E-state index contributed by atoms with van der Waals surface area (Å²) in [6.45, 7) is 16.8. The molecule has 1 aromatic rings. The van der Waals surface area contributed by atoms with Crippen LogP contribution in [0.5, 0.6) is 0 Å². The Bertz CT molecular complexity index is 602. The molecule has 0 aliphatic rings. The maximum Gasteiger partial charge on any atom is 0.0407 e. The molecule has 0 heterocycles. The second-order valence-electron chi connectivity index (χ2n) is 5.94. The number of rotatable bonds is 9. The largest absolute Gasteiger partial charge is 0.355 e. The number of anilines is 1. The average molecular weight is 309 g/mol. The molecule has 0 aliphatic heterocycles. The highest BCUT2D eigenvalue weighted by Gasteiger charge is 2.07. The monoisotopic (exact) mass is 309 g/mol. The Hall–Kier alpha value is -2.02. The van der Waals surface area contributed by atoms with Crippen molar-refractivity contribution in [2.24, 2.45) is 0 Å². The molecule has 1 heteroatoms. The van der Waals surface area contributed by atoms with E-state index >= 15 is 0 Å². The van der Waals surface area contributed by atoms with Crippen molar-refractivity contribution >= 4 is 11.3 Å². The molecule has 1 nitrogen and oxygen atoms in total. The van der Waals surface area contributed by atoms with E-state index in [0.717, 1.165) is 29.8 Å². The summed E-state index contributed by atoms with van der Waals surface area (Å²) in [5.74, 6) is 0. The van der Waals surface area contributed by atoms with E-state index < -0.39 is 0 Å². The number of unbranched alkanes of at least 4 members (excludes halogenated alkanes) is 1. The van der Waals surface area contributed by atoms with E-state index in [-0.39, 0.29) is 0 Å². The Morgan fingerprint density at radius 1 is 1.22 bits per heavy atom. The van der Waals surface area contributed by atoms with E-state index in [9.17, 15) is 0 Å². The Morgan fingerprint density at radius 2 is 1.96 bits per heavy atom. The average Bonchev–Trinajstić information content (AvgIpc) is 2.55. The van der Waals surface area contributed by atoms with Crippen LogP contribution >= 0.6 is 0 Å². The highest BCUT2D eigenvalue weighted by Crippen LogP contribution is 2.27. The summed E-state index contributed by atoms with van der Waals surface area (Å²) >= 11 is 0. The zero-order valence-corrected chi connectivity index (χ0v) is 15.2. The van der Waals surface area contributed by atoms with Crippen LogP contribution in [0.15, 0.2) is 60.9 Å². The van der Waals surface area contributed by atoms with Gasteiger partial charge < -0.3 is 5.32 Å². The van der Waals surface area contributed by atoms with Gasteiger partial charge in [0, 0.05) is 11.4 Å². The molecule has 0 unspecified atom stereocenters. The van der Waals surface area contributed by atoms with Gasteiger partial charge in [-0.25, -0.2) is 0 Å². The molecule has 1 N–H and O–H groups in total. The molecule has 23 heavy (non-hydrogen) atoms. The molecule has 0 saturated carbocycles. The molecule has 124 valence electrons. The lowest BCUT2D eigenvalue weighted by atomic mass is 9.95. The normalized spacial score (nSPS) is 11.7. The van der Waals surface area contributed by atoms with Gasteiger partial charge >= 0.3 is 0 Å². The lowest BCUT2D eigenvalue weighted by Crippen LogP contribution is -2.02. The summed E-state index contributed by atoms with van der Waals surface area (Å²) in [5.41, 5.74) is 7.08. The molecular formula is C22H31N. The van der Waals surface area contributed by atoms with Crippen molar-refractivity contribution in [3.05, 3.63) is 72.0 Å². The fraction of sp³-hybridized carbons (Fsp3) is 0.364. The number of hydrogen-bond donors (Lipinski definition) is 1. The summed E-state index contributed by atoms with van der Waals surface area (Å²) < 4.78 is 0. The zero-order chi connectivity index (χ0) is 17.2. The maximum atomic E-state index is 4.28. The molecule has 0 amide bonds. The molecule has 1 rings (SSSR count). The van der Waals surface area contributed by atoms with Gasteiger partial charge in [-0.2, -0.15) is 0 Å². The summed E-state index contributed by atoms with van der Waals surface area (Å²) in [5, 5.41) is 3.48. The second-order valence-corrected chi connectivity index (χ2v) is 5.94. The molecule has 0 fully saturated rings. The Kier molecular flexibility index (Phi) is 8.18. The number of aryl methyl sites for hydroxylation is 1. The van der Waals surface area contributed by atoms with Crippen molar-refractivity contribution in [2.45, 2.75) is 53.4 Å². The van der Waals surface area contributed by atoms with Crippen LogP contribution in [0.3, 0.4) is 0 Å². The number of nitrogens with one attached hydrogen (secondary N) is 1. The van der Waals surface area contributed by atoms with Crippen LogP contribution in [0.2, 0.25) is 0 Å². The predicted molar refractivity (Wildman–Crippen MR) is 106 cm³/mol. The van der Waals surface area contributed by atoms with Crippen molar-refractivity contribution in [3.63, 3.8) is 0 Å². The summed E-state index contributed by atoms with van der Waals surface area (Å²) in [6.07, 6.45) is 10.6. The second kappa shape index (κ2) is 9.89. The Labute approximate surface area is 142 Å². The van der Waals surface area contributed by atoms with Crippen molar-refractivity contribution in [1.29, 1.82) is 0 Å². The predicted octanol–water partition coefficient (Wildman–Crippen LogP) is 6.90. The quantitative estimate of drug-likeness (QED) is 0.489. The van der Waals surface area contributed by atoms with Gasteiger partial charge in [0.25, 0.3) is 0 Å². The topological polar surface area (TPSA) is 12.0 Å². The highest BCUT2D eigenvalue weighted by molar-refractivity contribution is 5.69. The van der Waals surface area contributed by atoms with E-state index in [0.29, 0.717) is 0 Å². The first-order valence-corrected chi connectivity index (χ1v) is 8.60. The molecule has 0 radical (unpaired) electrons. The number of benzene rings is 1. The van der Waals surface area contributed by atoms with Gasteiger partial charge in [-0.15, -0.1) is 0 Å². The summed E-state index contributed by atoms with van der Waals surface area (Å²) in [4.78, 5) is 0. The summed E-state index contributed by atoms with van der Waals surface area (Å²) in [6, 6.07) is 6.57. The van der Waals surface area contributed by atoms with E-state index in [4.69, 9.17) is 0 Å². The van der Waals surface area contributed by atoms with Gasteiger partial charge in [0.2, 0.25) is 0 Å². The number of hydrogen-bond acceptors (Lipinski definition) is 1. The van der Waals surface area contributed by atoms with Crippen LogP contribution in [0.25, 0.3) is 5.57 Å². The van der Waals surface area contributed by atoms with Crippen molar-refractivity contribution in [2.75, 3.05) is 5.32 Å². The van der Waals surface area contributed by atoms with E-state index in [1.807, 2.05) is 26.0 Å². The maximum absolute atomic E-state index is 4.28. The van der Waals surface area contributed by atoms with Crippen molar-refractivity contribution < 1.29 is 0 Å². The lowest BCUT2D eigenvalue weighted by Gasteiger charge is -2.15. The third-order valence-electron chi connectivity index (χ3n) is 3.89. The molecular weight excluding hydrogens is 278 g/mol. The van der Waals surface area contributed by atoms with Gasteiger partial charge in [0.05, 0.1) is 0 Å². The molecule has 0 bridgehead atoms. The number of allylic oxidation sites excluding steroid dienone is 5. The minimum Gasteiger partial charge on any atom is -0.355 e. The van der Waals surface area contributed by atoms with E-state index in [2.05, 4.69) is 56.6 Å². The molecule has 0 saturated heterocycles. The van der Waals surface area contributed by atoms with Crippen LogP contribution in [0.4, 0.5) is 5.69 Å². The Balaban J connectivity index is 3.02. The third-order valence-corrected chi connectivity index (χ3v) is 3.89. The van der Waals surface area contributed by atoms with Gasteiger partial charge in [-0.1, -0.05) is 51.6 Å². The first kappa shape index (κ1) is 19.0. The highest BCUT2D eigenvalue weighted by atomic mass is 14.9. The molecule has 0 aromatic heterocycles. The molecule has 0 atom stereocenters. The molecule has 1 aromatic carbocycles. The fourth-order valence-corrected chi connectivity index (χ4v) is 2.47. The Morgan fingerprint density at radius 3 is 2.52 bits per heavy atom. The summed E-state index contributed by atoms with van der Waals surface area (Å²) in [7, 11) is 0. The first-order chi connectivity index (χ1) is 11.0. The standard InChI is InChI=1S/C22H31N/c1-7-10-12-18(6)21-15-14-20(16-19(21)9-3)23-22(17(4)5)13-11-8-2/h8,11,13-16,23H,4,6-7,9-10,12H2,1-3,5H3/b11-8-,22-13+. The minimum atomic E-state index is 1.01. The fourth-order valence-electron chi connectivity index (χ4n) is 2.47. The van der Waals surface area contributed by atoms with Crippen LogP contribution < -0.4 is 5.32 Å². The van der Waals surface area contributed by atoms with E-state index in [1.165, 1.54) is 29.5 Å². The van der Waals surface area contributed by atoms with Crippen molar-refractivity contribution in [3.8, 4) is 0 Å². The van der Waals surface area contributed by atoms with E-state index in [1.54, 1.807) is 0 Å². The van der Waals surface area contributed by atoms with Gasteiger partial charge in [-0.05, 0) is 73.6 Å². The molecule has 0 aliphatic carbocycles. The minimum absolute atomic E-state index is 1.01. The van der Waals surface area contributed by atoms with Crippen LogP contribution in [-0.4, -0.2) is 0 Å². The smallest absolute Gasteiger partial charge is 0.0407 e. The third kappa shape index (κ3) is 5.94. The van der Waals surface area contributed by atoms with Crippen LogP contribution in [-0.2, 0) is 6.42 Å². The van der Waals surface area contributed by atoms with Gasteiger partial charge in [0.15, 0.2) is 0 Å². The lowest BCUT2D eigenvalue weighted by molar-refractivity contribution is 0.824. The first-order valence-electron chi connectivity index (χ1n) is 8.60. The SMILES string of the molecule is C=C(C)/C(=C\C=C/C)Nc1ccc(C(=C)CCCC)c(CC)c1.